The molecule has 0 spiro atoms. The molecule has 4 N–H and O–H groups in total. The Morgan fingerprint density at radius 2 is 1.74 bits per heavy atom. The van der Waals surface area contributed by atoms with Gasteiger partial charge in [0.05, 0.1) is 34.6 Å². The highest BCUT2D eigenvalue weighted by Gasteiger charge is 2.46. The van der Waals surface area contributed by atoms with Crippen LogP contribution in [0, 0.1) is 12.8 Å². The summed E-state index contributed by atoms with van der Waals surface area (Å²) in [6.07, 6.45) is 0.360. The first kappa shape index (κ1) is 36.0. The maximum atomic E-state index is 13.3. The summed E-state index contributed by atoms with van der Waals surface area (Å²) < 4.78 is 2.06. The molecule has 0 saturated carbocycles. The number of aromatic nitrogens is 3. The lowest BCUT2D eigenvalue weighted by molar-refractivity contribution is -0.136. The van der Waals surface area contributed by atoms with Crippen molar-refractivity contribution in [2.45, 2.75) is 70.3 Å². The summed E-state index contributed by atoms with van der Waals surface area (Å²) in [5, 5.41) is 14.6. The normalized spacial score (nSPS) is 22.1. The van der Waals surface area contributed by atoms with E-state index in [1.54, 1.807) is 23.9 Å². The molecule has 0 bridgehead atoms. The fraction of sp³-hybridized carbons (Fsp3) is 0.361. The Hall–Kier alpha value is -5.35. The van der Waals surface area contributed by atoms with Crippen LogP contribution in [-0.4, -0.2) is 73.4 Å². The van der Waals surface area contributed by atoms with Gasteiger partial charge in [0.15, 0.2) is 5.82 Å². The minimum Gasteiger partial charge on any atom is -0.384 e. The molecule has 2 aromatic carbocycles. The molecule has 1 fully saturated rings. The van der Waals surface area contributed by atoms with Gasteiger partial charge in [0.1, 0.15) is 17.9 Å². The van der Waals surface area contributed by atoms with Gasteiger partial charge in [-0.25, -0.2) is 0 Å². The molecule has 5 heterocycles. The van der Waals surface area contributed by atoms with E-state index in [9.17, 15) is 28.8 Å². The van der Waals surface area contributed by atoms with Crippen molar-refractivity contribution in [3.63, 3.8) is 0 Å². The number of anilines is 1. The smallest absolute Gasteiger partial charge is 0.264 e. The second-order valence-corrected chi connectivity index (χ2v) is 15.0. The third kappa shape index (κ3) is 6.83. The SMILES string of the molecule is CC1=C(C)C2C(c3ccc(Cl)cc3)=N[C@@H](CC(=O)NNC(=O)CCCNc3cccc4c3C(=O)N(C3CCC(=O)NC3=O)C4=O)c3nnc(C)n3C2S1. The van der Waals surface area contributed by atoms with Gasteiger partial charge in [-0.2, -0.15) is 0 Å². The molecule has 3 unspecified atom stereocenters. The molecular weight excluding hydrogens is 722 g/mol. The minimum absolute atomic E-state index is 0.0249. The molecule has 17 heteroatoms. The molecule has 4 atom stereocenters. The number of imide groups is 2. The molecule has 15 nitrogen and oxygen atoms in total. The van der Waals surface area contributed by atoms with E-state index >= 15 is 0 Å². The number of aliphatic imine (C=N–C) groups is 1. The Balaban J connectivity index is 0.963. The van der Waals surface area contributed by atoms with Gasteiger partial charge in [0, 0.05) is 30.1 Å². The van der Waals surface area contributed by atoms with Crippen molar-refractivity contribution in [2.24, 2.45) is 10.9 Å². The predicted molar refractivity (Wildman–Crippen MR) is 196 cm³/mol. The van der Waals surface area contributed by atoms with Gasteiger partial charge < -0.3 is 5.32 Å². The first-order valence-electron chi connectivity index (χ1n) is 17.2. The highest BCUT2D eigenvalue weighted by Crippen LogP contribution is 2.52. The average Bonchev–Trinajstić information content (AvgIpc) is 3.71. The zero-order valence-corrected chi connectivity index (χ0v) is 30.6. The van der Waals surface area contributed by atoms with Gasteiger partial charge in [-0.1, -0.05) is 35.4 Å². The minimum atomic E-state index is -1.07. The van der Waals surface area contributed by atoms with Crippen molar-refractivity contribution >= 4 is 70.2 Å². The highest BCUT2D eigenvalue weighted by molar-refractivity contribution is 8.03. The molecule has 53 heavy (non-hydrogen) atoms. The number of benzene rings is 2. The maximum absolute atomic E-state index is 13.3. The molecule has 3 aromatic rings. The summed E-state index contributed by atoms with van der Waals surface area (Å²) in [7, 11) is 0. The van der Waals surface area contributed by atoms with Crippen LogP contribution in [0.1, 0.15) is 95.3 Å². The number of carbonyl (C=O) groups excluding carboxylic acids is 6. The van der Waals surface area contributed by atoms with E-state index in [0.717, 1.165) is 16.2 Å². The van der Waals surface area contributed by atoms with Crippen LogP contribution in [0.4, 0.5) is 5.69 Å². The molecule has 274 valence electrons. The van der Waals surface area contributed by atoms with Crippen LogP contribution >= 0.6 is 23.4 Å². The van der Waals surface area contributed by atoms with Gasteiger partial charge in [-0.3, -0.25) is 59.4 Å². The topological polar surface area (TPSA) is 197 Å². The van der Waals surface area contributed by atoms with Gasteiger partial charge in [-0.15, -0.1) is 22.0 Å². The van der Waals surface area contributed by atoms with Crippen molar-refractivity contribution < 1.29 is 28.8 Å². The number of rotatable bonds is 9. The van der Waals surface area contributed by atoms with Crippen molar-refractivity contribution in [1.82, 2.24) is 35.8 Å². The second-order valence-electron chi connectivity index (χ2n) is 13.2. The lowest BCUT2D eigenvalue weighted by atomic mass is 9.90. The van der Waals surface area contributed by atoms with Gasteiger partial charge in [0.2, 0.25) is 23.6 Å². The number of hydrogen-bond acceptors (Lipinski definition) is 11. The van der Waals surface area contributed by atoms with Crippen LogP contribution < -0.4 is 21.5 Å². The zero-order valence-electron chi connectivity index (χ0n) is 29.1. The number of aryl methyl sites for hydroxylation is 1. The first-order chi connectivity index (χ1) is 25.4. The van der Waals surface area contributed by atoms with Crippen LogP contribution in [-0.2, 0) is 19.2 Å². The number of halogens is 1. The maximum Gasteiger partial charge on any atom is 0.264 e. The summed E-state index contributed by atoms with van der Waals surface area (Å²) in [5.74, 6) is -2.04. The summed E-state index contributed by atoms with van der Waals surface area (Å²) in [4.78, 5) is 83.6. The van der Waals surface area contributed by atoms with Gasteiger partial charge >= 0.3 is 0 Å². The molecule has 4 aliphatic heterocycles. The van der Waals surface area contributed by atoms with Crippen LogP contribution in [0.2, 0.25) is 5.02 Å². The molecule has 0 radical (unpaired) electrons. The Morgan fingerprint density at radius 3 is 2.49 bits per heavy atom. The van der Waals surface area contributed by atoms with Crippen LogP contribution in [0.25, 0.3) is 0 Å². The first-order valence-corrected chi connectivity index (χ1v) is 18.4. The third-order valence-corrected chi connectivity index (χ3v) is 11.5. The largest absolute Gasteiger partial charge is 0.384 e. The number of allylic oxidation sites excluding steroid dienone is 2. The number of hydrazine groups is 1. The summed E-state index contributed by atoms with van der Waals surface area (Å²) in [6, 6.07) is 10.5. The number of piperidine rings is 1. The molecule has 1 aromatic heterocycles. The van der Waals surface area contributed by atoms with Crippen LogP contribution in [0.5, 0.6) is 0 Å². The number of carbonyl (C=O) groups is 6. The Kier molecular flexibility index (Phi) is 9.91. The van der Waals surface area contributed by atoms with Crippen molar-refractivity contribution in [3.8, 4) is 0 Å². The number of fused-ring (bicyclic) bond motifs is 4. The lowest BCUT2D eigenvalue weighted by Gasteiger charge is -2.27. The van der Waals surface area contributed by atoms with E-state index in [-0.39, 0.29) is 54.6 Å². The molecule has 0 aliphatic carbocycles. The second kappa shape index (κ2) is 14.6. The molecule has 1 saturated heterocycles. The van der Waals surface area contributed by atoms with Gasteiger partial charge in [0.25, 0.3) is 11.8 Å². The monoisotopic (exact) mass is 757 g/mol. The molecule has 7 rings (SSSR count). The molecule has 4 aliphatic rings. The number of hydrogen-bond donors (Lipinski definition) is 4. The Bertz CT molecular complexity index is 2130. The number of nitrogens with zero attached hydrogens (tertiary/aromatic N) is 5. The summed E-state index contributed by atoms with van der Waals surface area (Å²) >= 11 is 7.93. The molecular formula is C36H36ClN9O6S. The number of thioether (sulfide) groups is 1. The van der Waals surface area contributed by atoms with E-state index in [0.29, 0.717) is 28.8 Å². The average molecular weight is 758 g/mol. The van der Waals surface area contributed by atoms with Crippen LogP contribution in [0.3, 0.4) is 0 Å². The standard InChI is InChI=1S/C36H36ClN9O6S/c1-17-18(2)53-36-29(17)31(20-9-11-21(37)12-10-20)39-24(32-44-41-19(3)45(32)36)16-28(49)43-42-27(48)8-5-15-38-23-7-4-6-22-30(23)35(52)46(34(22)51)25-13-14-26(47)40-33(25)50/h4,6-7,9-12,24-25,29,36,38H,5,8,13-16H2,1-3H3,(H,42,48)(H,43,49)(H,40,47,50)/t24-,25?,29?,36?/m0/s1. The summed E-state index contributed by atoms with van der Waals surface area (Å²) in [6.45, 7) is 6.34. The Labute approximate surface area is 313 Å². The van der Waals surface area contributed by atoms with E-state index in [2.05, 4.69) is 50.1 Å². The van der Waals surface area contributed by atoms with E-state index in [1.807, 2.05) is 31.2 Å². The molecule has 6 amide bonds. The third-order valence-electron chi connectivity index (χ3n) is 9.86. The van der Waals surface area contributed by atoms with E-state index in [4.69, 9.17) is 16.6 Å². The lowest BCUT2D eigenvalue weighted by Crippen LogP contribution is -2.54. The number of amides is 6. The fourth-order valence-electron chi connectivity index (χ4n) is 7.12. The van der Waals surface area contributed by atoms with E-state index in [1.165, 1.54) is 16.5 Å². The zero-order chi connectivity index (χ0) is 37.6. The van der Waals surface area contributed by atoms with Crippen molar-refractivity contribution in [1.29, 1.82) is 0 Å². The highest BCUT2D eigenvalue weighted by atomic mass is 35.5. The van der Waals surface area contributed by atoms with Crippen molar-refractivity contribution in [2.75, 3.05) is 11.9 Å². The van der Waals surface area contributed by atoms with E-state index < -0.39 is 47.5 Å². The summed E-state index contributed by atoms with van der Waals surface area (Å²) in [5.41, 5.74) is 8.55. The van der Waals surface area contributed by atoms with Crippen molar-refractivity contribution in [3.05, 3.63) is 86.3 Å². The quantitative estimate of drug-likeness (QED) is 0.142. The van der Waals surface area contributed by atoms with Gasteiger partial charge in [-0.05, 0) is 68.3 Å². The fourth-order valence-corrected chi connectivity index (χ4v) is 8.76. The Morgan fingerprint density at radius 1 is 0.981 bits per heavy atom. The number of nitrogens with one attached hydrogen (secondary N) is 4. The van der Waals surface area contributed by atoms with Crippen LogP contribution in [0.15, 0.2) is 57.9 Å². The predicted octanol–water partition coefficient (Wildman–Crippen LogP) is 3.77.